The molecular formula is C31H39N3O. The Bertz CT molecular complexity index is 1070. The summed E-state index contributed by atoms with van der Waals surface area (Å²) in [6, 6.07) is 26.8. The molecule has 2 saturated heterocycles. The van der Waals surface area contributed by atoms with Crippen LogP contribution in [0.3, 0.4) is 0 Å². The van der Waals surface area contributed by atoms with Gasteiger partial charge in [0, 0.05) is 44.1 Å². The molecule has 0 spiro atoms. The van der Waals surface area contributed by atoms with Crippen LogP contribution in [0.5, 0.6) is 5.75 Å². The zero-order valence-corrected chi connectivity index (χ0v) is 21.2. The van der Waals surface area contributed by atoms with Crippen LogP contribution in [0.15, 0.2) is 72.8 Å². The minimum Gasteiger partial charge on any atom is -0.497 e. The number of rotatable bonds is 9. The zero-order chi connectivity index (χ0) is 23.9. The second-order valence-electron chi connectivity index (χ2n) is 10.1. The van der Waals surface area contributed by atoms with Crippen molar-refractivity contribution in [3.63, 3.8) is 0 Å². The smallest absolute Gasteiger partial charge is 0.119 e. The Labute approximate surface area is 211 Å². The molecule has 35 heavy (non-hydrogen) atoms. The van der Waals surface area contributed by atoms with E-state index < -0.39 is 0 Å². The number of methoxy groups -OCH3 is 1. The largest absolute Gasteiger partial charge is 0.497 e. The highest BCUT2D eigenvalue weighted by molar-refractivity contribution is 5.53. The number of piperidine rings is 1. The molecule has 0 bridgehead atoms. The molecule has 0 amide bonds. The van der Waals surface area contributed by atoms with Gasteiger partial charge in [-0.25, -0.2) is 0 Å². The van der Waals surface area contributed by atoms with Gasteiger partial charge in [-0.2, -0.15) is 0 Å². The second-order valence-corrected chi connectivity index (χ2v) is 10.1. The van der Waals surface area contributed by atoms with E-state index in [1.807, 2.05) is 6.07 Å². The van der Waals surface area contributed by atoms with E-state index in [2.05, 4.69) is 81.4 Å². The summed E-state index contributed by atoms with van der Waals surface area (Å²) < 4.78 is 5.49. The van der Waals surface area contributed by atoms with E-state index in [0.29, 0.717) is 0 Å². The van der Waals surface area contributed by atoms with Gasteiger partial charge < -0.3 is 14.5 Å². The summed E-state index contributed by atoms with van der Waals surface area (Å²) in [6.45, 7) is 7.61. The Hall–Kier alpha value is -2.98. The first-order valence-electron chi connectivity index (χ1n) is 13.3. The lowest BCUT2D eigenvalue weighted by Crippen LogP contribution is -2.29. The Morgan fingerprint density at radius 1 is 0.686 bits per heavy atom. The summed E-state index contributed by atoms with van der Waals surface area (Å²) in [4.78, 5) is 7.60. The van der Waals surface area contributed by atoms with Crippen molar-refractivity contribution in [2.24, 2.45) is 0 Å². The monoisotopic (exact) mass is 469 g/mol. The quantitative estimate of drug-likeness (QED) is 0.357. The molecule has 3 aromatic rings. The van der Waals surface area contributed by atoms with Crippen LogP contribution in [0.1, 0.15) is 48.8 Å². The van der Waals surface area contributed by atoms with Gasteiger partial charge in [-0.15, -0.1) is 0 Å². The number of nitrogens with zero attached hydrogens (tertiary/aromatic N) is 3. The topological polar surface area (TPSA) is 19.0 Å². The third kappa shape index (κ3) is 6.37. The van der Waals surface area contributed by atoms with Crippen molar-refractivity contribution >= 4 is 11.4 Å². The third-order valence-corrected chi connectivity index (χ3v) is 7.42. The zero-order valence-electron chi connectivity index (χ0n) is 21.2. The van der Waals surface area contributed by atoms with Gasteiger partial charge in [-0.05, 0) is 91.9 Å². The summed E-state index contributed by atoms with van der Waals surface area (Å²) in [5.74, 6) is 0.912. The Morgan fingerprint density at radius 2 is 1.34 bits per heavy atom. The maximum Gasteiger partial charge on any atom is 0.119 e. The summed E-state index contributed by atoms with van der Waals surface area (Å²) >= 11 is 0. The van der Waals surface area contributed by atoms with Crippen LogP contribution in [0.25, 0.3) is 0 Å². The lowest BCUT2D eigenvalue weighted by molar-refractivity contribution is 0.221. The molecule has 0 radical (unpaired) electrons. The molecule has 2 fully saturated rings. The fourth-order valence-electron chi connectivity index (χ4n) is 5.46. The summed E-state index contributed by atoms with van der Waals surface area (Å²) in [7, 11) is 1.74. The van der Waals surface area contributed by atoms with Gasteiger partial charge >= 0.3 is 0 Å². The number of hydrogen-bond acceptors (Lipinski definition) is 4. The molecule has 0 atom stereocenters. The van der Waals surface area contributed by atoms with E-state index >= 15 is 0 Å². The van der Waals surface area contributed by atoms with Crippen LogP contribution in [0.4, 0.5) is 11.4 Å². The molecule has 0 saturated carbocycles. The van der Waals surface area contributed by atoms with Gasteiger partial charge in [0.25, 0.3) is 0 Å². The van der Waals surface area contributed by atoms with Gasteiger partial charge in [-0.3, -0.25) is 4.90 Å². The maximum atomic E-state index is 5.49. The molecule has 0 N–H and O–H groups in total. The molecule has 0 aromatic heterocycles. The first-order valence-corrected chi connectivity index (χ1v) is 13.3. The molecule has 5 rings (SSSR count). The number of anilines is 2. The van der Waals surface area contributed by atoms with E-state index in [1.54, 1.807) is 7.11 Å². The average Bonchev–Trinajstić information content (AvgIpc) is 3.45. The highest BCUT2D eigenvalue weighted by Gasteiger charge is 2.15. The summed E-state index contributed by atoms with van der Waals surface area (Å²) in [5, 5.41) is 0. The highest BCUT2D eigenvalue weighted by Crippen LogP contribution is 2.26. The first-order chi connectivity index (χ1) is 17.3. The lowest BCUT2D eigenvalue weighted by atomic mass is 10.1. The molecule has 3 aromatic carbocycles. The second kappa shape index (κ2) is 11.6. The molecule has 4 nitrogen and oxygen atoms in total. The van der Waals surface area contributed by atoms with E-state index in [0.717, 1.165) is 25.4 Å². The highest BCUT2D eigenvalue weighted by atomic mass is 16.5. The van der Waals surface area contributed by atoms with E-state index in [9.17, 15) is 0 Å². The number of hydrogen-bond donors (Lipinski definition) is 0. The van der Waals surface area contributed by atoms with Crippen molar-refractivity contribution in [3.8, 4) is 5.75 Å². The van der Waals surface area contributed by atoms with Gasteiger partial charge in [-0.1, -0.05) is 42.8 Å². The van der Waals surface area contributed by atoms with E-state index in [-0.39, 0.29) is 0 Å². The molecular weight excluding hydrogens is 430 g/mol. The van der Waals surface area contributed by atoms with Gasteiger partial charge in [0.2, 0.25) is 0 Å². The Morgan fingerprint density at radius 3 is 2.06 bits per heavy atom. The predicted octanol–water partition coefficient (Wildman–Crippen LogP) is 6.49. The summed E-state index contributed by atoms with van der Waals surface area (Å²) in [6.07, 6.45) is 6.66. The minimum atomic E-state index is 0.844. The van der Waals surface area contributed by atoms with Crippen LogP contribution in [-0.4, -0.2) is 38.2 Å². The van der Waals surface area contributed by atoms with Crippen molar-refractivity contribution in [3.05, 3.63) is 89.5 Å². The lowest BCUT2D eigenvalue weighted by Gasteiger charge is -2.28. The Kier molecular flexibility index (Phi) is 7.89. The molecule has 2 aliphatic heterocycles. The van der Waals surface area contributed by atoms with Crippen molar-refractivity contribution < 1.29 is 4.74 Å². The summed E-state index contributed by atoms with van der Waals surface area (Å²) in [5.41, 5.74) is 6.65. The van der Waals surface area contributed by atoms with Gasteiger partial charge in [0.15, 0.2) is 0 Å². The predicted molar refractivity (Wildman–Crippen MR) is 146 cm³/mol. The van der Waals surface area contributed by atoms with Crippen molar-refractivity contribution in [2.45, 2.75) is 51.7 Å². The average molecular weight is 470 g/mol. The molecule has 0 aliphatic carbocycles. The van der Waals surface area contributed by atoms with Crippen LogP contribution < -0.4 is 14.5 Å². The van der Waals surface area contributed by atoms with Gasteiger partial charge in [0.1, 0.15) is 5.75 Å². The van der Waals surface area contributed by atoms with Crippen molar-refractivity contribution in [1.82, 2.24) is 4.90 Å². The minimum absolute atomic E-state index is 0.844. The number of ether oxygens (including phenoxy) is 1. The standard InChI is InChI=1S/C31H39N3O/c1-35-31-12-8-10-28(22-31)25-34(24-27-9-7-11-30(21-27)33-19-5-6-20-33)29-15-13-26(14-16-29)23-32-17-3-2-4-18-32/h7-16,21-22H,2-6,17-20,23-25H2,1H3. The SMILES string of the molecule is COc1cccc(CN(Cc2cccc(N3CCCC3)c2)c2ccc(CN3CCCCC3)cc2)c1. The number of benzene rings is 3. The molecule has 2 aliphatic rings. The first kappa shape index (κ1) is 23.7. The van der Waals surface area contributed by atoms with E-state index in [4.69, 9.17) is 4.74 Å². The van der Waals surface area contributed by atoms with Gasteiger partial charge in [0.05, 0.1) is 7.11 Å². The molecule has 0 unspecified atom stereocenters. The van der Waals surface area contributed by atoms with Crippen molar-refractivity contribution in [2.75, 3.05) is 43.1 Å². The van der Waals surface area contributed by atoms with Crippen LogP contribution in [0, 0.1) is 0 Å². The fraction of sp³-hybridized carbons (Fsp3) is 0.419. The fourth-order valence-corrected chi connectivity index (χ4v) is 5.46. The van der Waals surface area contributed by atoms with Crippen LogP contribution in [0.2, 0.25) is 0 Å². The van der Waals surface area contributed by atoms with Crippen molar-refractivity contribution in [1.29, 1.82) is 0 Å². The van der Waals surface area contributed by atoms with E-state index in [1.165, 1.54) is 86.3 Å². The van der Waals surface area contributed by atoms with Crippen LogP contribution in [-0.2, 0) is 19.6 Å². The maximum absolute atomic E-state index is 5.49. The molecule has 4 heteroatoms. The molecule has 184 valence electrons. The van der Waals surface area contributed by atoms with Crippen LogP contribution >= 0.6 is 0 Å². The molecule has 2 heterocycles. The Balaban J connectivity index is 1.36. The third-order valence-electron chi connectivity index (χ3n) is 7.42. The number of likely N-dealkylation sites (tertiary alicyclic amines) is 1. The normalized spacial score (nSPS) is 16.4.